The predicted octanol–water partition coefficient (Wildman–Crippen LogP) is -1.98. The van der Waals surface area contributed by atoms with Crippen molar-refractivity contribution in [2.75, 3.05) is 14.2 Å². The van der Waals surface area contributed by atoms with Crippen LogP contribution < -0.4 is 0 Å². The van der Waals surface area contributed by atoms with Gasteiger partial charge in [0.15, 0.2) is 12.4 Å². The van der Waals surface area contributed by atoms with Gasteiger partial charge in [-0.15, -0.1) is 0 Å². The van der Waals surface area contributed by atoms with E-state index in [1.807, 2.05) is 0 Å². The van der Waals surface area contributed by atoms with Gasteiger partial charge in [0, 0.05) is 14.2 Å². The van der Waals surface area contributed by atoms with E-state index in [2.05, 4.69) is 4.74 Å². The minimum absolute atomic E-state index is 0.353. The highest BCUT2D eigenvalue weighted by Crippen LogP contribution is 2.10. The average Bonchev–Trinajstić information content (AvgIpc) is 2.23. The smallest absolute Gasteiger partial charge is 0.335 e. The Labute approximate surface area is 86.2 Å². The van der Waals surface area contributed by atoms with Crippen LogP contribution >= 0.6 is 0 Å². The molecule has 0 bridgehead atoms. The summed E-state index contributed by atoms with van der Waals surface area (Å²) in [6.07, 6.45) is -5.81. The molecule has 0 rings (SSSR count). The van der Waals surface area contributed by atoms with E-state index < -0.39 is 30.4 Å². The number of aliphatic carboxylic acids is 1. The minimum atomic E-state index is -2.03. The van der Waals surface area contributed by atoms with Crippen molar-refractivity contribution in [2.24, 2.45) is 0 Å². The number of aldehydes is 1. The maximum absolute atomic E-state index is 10.5. The second-order valence-electron chi connectivity index (χ2n) is 2.81. The molecule has 15 heavy (non-hydrogen) atoms. The van der Waals surface area contributed by atoms with Gasteiger partial charge in [0.1, 0.15) is 18.3 Å². The lowest BCUT2D eigenvalue weighted by atomic mass is 10.0. The molecule has 0 aliphatic rings. The molecule has 0 fully saturated rings. The molecular weight excluding hydrogens is 208 g/mol. The van der Waals surface area contributed by atoms with Gasteiger partial charge in [-0.2, -0.15) is 0 Å². The number of methoxy groups -OCH3 is 2. The van der Waals surface area contributed by atoms with E-state index in [0.717, 1.165) is 7.11 Å². The monoisotopic (exact) mass is 222 g/mol. The Hall–Kier alpha value is -1.02. The lowest BCUT2D eigenvalue weighted by Gasteiger charge is -2.26. The van der Waals surface area contributed by atoms with E-state index in [1.54, 1.807) is 0 Å². The maximum Gasteiger partial charge on any atom is 0.335 e. The minimum Gasteiger partial charge on any atom is -0.479 e. The first kappa shape index (κ1) is 14.0. The van der Waals surface area contributed by atoms with Crippen molar-refractivity contribution in [2.45, 2.75) is 24.4 Å². The molecule has 0 saturated heterocycles. The third-order valence-corrected chi connectivity index (χ3v) is 1.92. The van der Waals surface area contributed by atoms with Gasteiger partial charge < -0.3 is 29.6 Å². The fraction of sp³-hybridized carbons (Fsp3) is 0.750. The molecule has 0 aliphatic heterocycles. The fourth-order valence-corrected chi connectivity index (χ4v) is 1.06. The molecule has 0 aliphatic carbocycles. The van der Waals surface area contributed by atoms with Gasteiger partial charge in [0.25, 0.3) is 0 Å². The maximum atomic E-state index is 10.5. The van der Waals surface area contributed by atoms with Crippen molar-refractivity contribution >= 4 is 12.3 Å². The summed E-state index contributed by atoms with van der Waals surface area (Å²) in [5.41, 5.74) is 0. The summed E-state index contributed by atoms with van der Waals surface area (Å²) in [7, 11) is 2.36. The first-order chi connectivity index (χ1) is 6.99. The van der Waals surface area contributed by atoms with E-state index in [-0.39, 0.29) is 0 Å². The third kappa shape index (κ3) is 3.56. The number of carbonyl (C=O) groups excluding carboxylic acids is 1. The number of aliphatic hydroxyl groups is 2. The third-order valence-electron chi connectivity index (χ3n) is 1.92. The summed E-state index contributed by atoms with van der Waals surface area (Å²) in [5.74, 6) is -1.61. The van der Waals surface area contributed by atoms with Crippen LogP contribution in [0.15, 0.2) is 0 Å². The van der Waals surface area contributed by atoms with Crippen LogP contribution in [-0.2, 0) is 19.1 Å². The van der Waals surface area contributed by atoms with Crippen molar-refractivity contribution in [3.63, 3.8) is 0 Å². The van der Waals surface area contributed by atoms with Gasteiger partial charge >= 0.3 is 5.97 Å². The Kier molecular flexibility index (Phi) is 6.02. The molecule has 0 radical (unpaired) electrons. The zero-order valence-electron chi connectivity index (χ0n) is 8.36. The van der Waals surface area contributed by atoms with Crippen LogP contribution in [0.5, 0.6) is 0 Å². The summed E-state index contributed by atoms with van der Waals surface area (Å²) < 4.78 is 9.34. The van der Waals surface area contributed by atoms with Gasteiger partial charge in [0.2, 0.25) is 0 Å². The number of carboxylic acids is 1. The van der Waals surface area contributed by atoms with Crippen LogP contribution in [0.2, 0.25) is 0 Å². The number of carboxylic acid groups (broad SMARTS) is 1. The van der Waals surface area contributed by atoms with Gasteiger partial charge in [-0.25, -0.2) is 4.79 Å². The Balaban J connectivity index is 4.64. The van der Waals surface area contributed by atoms with Gasteiger partial charge in [0.05, 0.1) is 0 Å². The highest BCUT2D eigenvalue weighted by atomic mass is 16.5. The lowest BCUT2D eigenvalue weighted by Crippen LogP contribution is -2.49. The van der Waals surface area contributed by atoms with Crippen molar-refractivity contribution in [3.05, 3.63) is 0 Å². The van der Waals surface area contributed by atoms with E-state index in [4.69, 9.17) is 14.9 Å². The molecular formula is C8H14O7. The first-order valence-electron chi connectivity index (χ1n) is 4.09. The van der Waals surface area contributed by atoms with Crippen LogP contribution in [0.4, 0.5) is 0 Å². The van der Waals surface area contributed by atoms with E-state index >= 15 is 0 Å². The number of rotatable bonds is 7. The Morgan fingerprint density at radius 2 is 1.80 bits per heavy atom. The van der Waals surface area contributed by atoms with Gasteiger partial charge in [-0.05, 0) is 0 Å². The highest BCUT2D eigenvalue weighted by Gasteiger charge is 2.36. The molecule has 0 saturated carbocycles. The van der Waals surface area contributed by atoms with Crippen molar-refractivity contribution in [3.8, 4) is 0 Å². The SMILES string of the molecule is CO[C@H]([C@@H](O)[C@H](O)C(=O)O)[C@H](C=O)OC. The molecule has 7 heteroatoms. The second-order valence-corrected chi connectivity index (χ2v) is 2.81. The molecule has 4 atom stereocenters. The molecule has 0 heterocycles. The normalized spacial score (nSPS) is 18.9. The predicted molar refractivity (Wildman–Crippen MR) is 47.3 cm³/mol. The highest BCUT2D eigenvalue weighted by molar-refractivity contribution is 5.73. The van der Waals surface area contributed by atoms with Crippen LogP contribution in [-0.4, -0.2) is 66.2 Å². The summed E-state index contributed by atoms with van der Waals surface area (Å²) >= 11 is 0. The topological polar surface area (TPSA) is 113 Å². The summed E-state index contributed by atoms with van der Waals surface area (Å²) in [6.45, 7) is 0. The van der Waals surface area contributed by atoms with Gasteiger partial charge in [-0.1, -0.05) is 0 Å². The quantitative estimate of drug-likeness (QED) is 0.428. The van der Waals surface area contributed by atoms with Gasteiger partial charge in [-0.3, -0.25) is 0 Å². The molecule has 3 N–H and O–H groups in total. The fourth-order valence-electron chi connectivity index (χ4n) is 1.06. The molecule has 0 unspecified atom stereocenters. The van der Waals surface area contributed by atoms with E-state index in [9.17, 15) is 14.7 Å². The second kappa shape index (κ2) is 6.46. The van der Waals surface area contributed by atoms with Crippen molar-refractivity contribution in [1.82, 2.24) is 0 Å². The zero-order chi connectivity index (χ0) is 12.0. The molecule has 88 valence electrons. The summed E-state index contributed by atoms with van der Waals surface area (Å²) in [5, 5.41) is 26.9. The summed E-state index contributed by atoms with van der Waals surface area (Å²) in [6, 6.07) is 0. The van der Waals surface area contributed by atoms with Crippen LogP contribution in [0.3, 0.4) is 0 Å². The standard InChI is InChI=1S/C8H14O7/c1-14-4(3-9)7(15-2)5(10)6(11)8(12)13/h3-7,10-11H,1-2H3,(H,12,13)/t4-,5-,6-,7-/m0/s1. The van der Waals surface area contributed by atoms with Crippen molar-refractivity contribution < 1.29 is 34.4 Å². The van der Waals surface area contributed by atoms with E-state index in [1.165, 1.54) is 7.11 Å². The van der Waals surface area contributed by atoms with Crippen LogP contribution in [0, 0.1) is 0 Å². The molecule has 0 aromatic carbocycles. The number of aliphatic hydroxyl groups excluding tert-OH is 2. The summed E-state index contributed by atoms with van der Waals surface area (Å²) in [4.78, 5) is 20.9. The van der Waals surface area contributed by atoms with Crippen molar-refractivity contribution in [1.29, 1.82) is 0 Å². The van der Waals surface area contributed by atoms with Crippen LogP contribution in [0.1, 0.15) is 0 Å². The molecule has 7 nitrogen and oxygen atoms in total. The molecule has 0 aromatic heterocycles. The Morgan fingerprint density at radius 1 is 1.27 bits per heavy atom. The largest absolute Gasteiger partial charge is 0.479 e. The first-order valence-corrected chi connectivity index (χ1v) is 4.09. The Bertz CT molecular complexity index is 217. The number of ether oxygens (including phenoxy) is 2. The number of hydrogen-bond acceptors (Lipinski definition) is 6. The lowest BCUT2D eigenvalue weighted by molar-refractivity contribution is -0.168. The van der Waals surface area contributed by atoms with Crippen LogP contribution in [0.25, 0.3) is 0 Å². The van der Waals surface area contributed by atoms with E-state index in [0.29, 0.717) is 6.29 Å². The average molecular weight is 222 g/mol. The Morgan fingerprint density at radius 3 is 2.07 bits per heavy atom. The number of hydrogen-bond donors (Lipinski definition) is 3. The zero-order valence-corrected chi connectivity index (χ0v) is 8.36. The molecule has 0 amide bonds. The number of carbonyl (C=O) groups is 2. The molecule has 0 spiro atoms. The molecule has 0 aromatic rings.